The van der Waals surface area contributed by atoms with E-state index >= 15 is 0 Å². The third-order valence-electron chi connectivity index (χ3n) is 3.34. The van der Waals surface area contributed by atoms with Crippen molar-refractivity contribution in [2.45, 2.75) is 58.4 Å². The highest BCUT2D eigenvalue weighted by molar-refractivity contribution is 5.82. The van der Waals surface area contributed by atoms with Crippen LogP contribution in [0.3, 0.4) is 0 Å². The van der Waals surface area contributed by atoms with Crippen molar-refractivity contribution >= 4 is 18.0 Å². The smallest absolute Gasteiger partial charge is 0.326 e. The van der Waals surface area contributed by atoms with Crippen molar-refractivity contribution in [3.63, 3.8) is 0 Å². The number of carbonyl (C=O) groups excluding carboxylic acids is 1. The zero-order valence-electron chi connectivity index (χ0n) is 12.7. The van der Waals surface area contributed by atoms with Crippen molar-refractivity contribution in [3.05, 3.63) is 0 Å². The highest BCUT2D eigenvalue weighted by Crippen LogP contribution is 2.11. The molecule has 0 aromatic carbocycles. The number of aliphatic carboxylic acids is 2. The van der Waals surface area contributed by atoms with Crippen LogP contribution in [0, 0.1) is 5.92 Å². The molecule has 0 saturated carbocycles. The van der Waals surface area contributed by atoms with E-state index in [1.165, 1.54) is 0 Å². The van der Waals surface area contributed by atoms with Gasteiger partial charge in [-0.1, -0.05) is 33.1 Å². The van der Waals surface area contributed by atoms with Crippen molar-refractivity contribution in [1.29, 1.82) is 0 Å². The number of carboxylic acid groups (broad SMARTS) is 2. The van der Waals surface area contributed by atoms with Crippen LogP contribution in [-0.4, -0.2) is 40.8 Å². The summed E-state index contributed by atoms with van der Waals surface area (Å²) >= 11 is 0. The van der Waals surface area contributed by atoms with Gasteiger partial charge in [-0.15, -0.1) is 0 Å². The highest BCUT2D eigenvalue weighted by Gasteiger charge is 2.21. The predicted octanol–water partition coefficient (Wildman–Crippen LogP) is 1.82. The van der Waals surface area contributed by atoms with Crippen LogP contribution in [0.25, 0.3) is 0 Å². The van der Waals surface area contributed by atoms with E-state index in [9.17, 15) is 14.4 Å². The zero-order chi connectivity index (χ0) is 16.3. The fourth-order valence-electron chi connectivity index (χ4n) is 1.91. The van der Waals surface area contributed by atoms with Crippen LogP contribution in [0.15, 0.2) is 0 Å². The van der Waals surface area contributed by atoms with E-state index in [2.05, 4.69) is 17.6 Å². The van der Waals surface area contributed by atoms with Gasteiger partial charge >= 0.3 is 18.0 Å². The summed E-state index contributed by atoms with van der Waals surface area (Å²) in [5.74, 6) is -1.95. The van der Waals surface area contributed by atoms with E-state index in [0.29, 0.717) is 12.5 Å². The first-order chi connectivity index (χ1) is 9.90. The molecule has 0 spiro atoms. The molecule has 122 valence electrons. The quantitative estimate of drug-likeness (QED) is 0.464. The van der Waals surface area contributed by atoms with Crippen molar-refractivity contribution in [2.24, 2.45) is 5.92 Å². The number of carbonyl (C=O) groups is 3. The molecule has 7 nitrogen and oxygen atoms in total. The van der Waals surface area contributed by atoms with Crippen LogP contribution in [0.2, 0.25) is 0 Å². The summed E-state index contributed by atoms with van der Waals surface area (Å²) in [6, 6.07) is -1.75. The van der Waals surface area contributed by atoms with E-state index in [1.807, 2.05) is 6.92 Å². The molecule has 0 bridgehead atoms. The van der Waals surface area contributed by atoms with Gasteiger partial charge in [-0.25, -0.2) is 9.59 Å². The van der Waals surface area contributed by atoms with E-state index in [-0.39, 0.29) is 12.8 Å². The Labute approximate surface area is 125 Å². The first kappa shape index (κ1) is 19.2. The van der Waals surface area contributed by atoms with Crippen LogP contribution in [0.5, 0.6) is 0 Å². The minimum Gasteiger partial charge on any atom is -0.481 e. The Hall–Kier alpha value is -1.79. The van der Waals surface area contributed by atoms with Gasteiger partial charge in [0.05, 0.1) is 0 Å². The number of hydrogen-bond acceptors (Lipinski definition) is 3. The second kappa shape index (κ2) is 10.9. The van der Waals surface area contributed by atoms with E-state index in [4.69, 9.17) is 10.2 Å². The number of amides is 2. The lowest BCUT2D eigenvalue weighted by atomic mass is 9.99. The summed E-state index contributed by atoms with van der Waals surface area (Å²) in [6.45, 7) is 4.65. The molecular formula is C14H26N2O5. The molecule has 0 radical (unpaired) electrons. The number of rotatable bonds is 11. The third kappa shape index (κ3) is 9.70. The lowest BCUT2D eigenvalue weighted by Crippen LogP contribution is -2.47. The van der Waals surface area contributed by atoms with Gasteiger partial charge in [-0.2, -0.15) is 0 Å². The summed E-state index contributed by atoms with van der Waals surface area (Å²) in [6.07, 6.45) is 3.73. The molecule has 2 unspecified atom stereocenters. The Morgan fingerprint density at radius 3 is 2.24 bits per heavy atom. The molecule has 0 aliphatic carbocycles. The summed E-state index contributed by atoms with van der Waals surface area (Å²) in [4.78, 5) is 33.1. The molecule has 0 aliphatic rings. The average Bonchev–Trinajstić information content (AvgIpc) is 2.43. The van der Waals surface area contributed by atoms with Crippen LogP contribution >= 0.6 is 0 Å². The topological polar surface area (TPSA) is 116 Å². The molecule has 0 aliphatic heterocycles. The van der Waals surface area contributed by atoms with Gasteiger partial charge < -0.3 is 20.8 Å². The van der Waals surface area contributed by atoms with Gasteiger partial charge in [-0.3, -0.25) is 4.79 Å². The summed E-state index contributed by atoms with van der Waals surface area (Å²) in [7, 11) is 0. The molecule has 0 saturated heterocycles. The first-order valence-electron chi connectivity index (χ1n) is 7.39. The third-order valence-corrected chi connectivity index (χ3v) is 3.34. The molecule has 0 aromatic heterocycles. The maximum absolute atomic E-state index is 11.7. The van der Waals surface area contributed by atoms with Gasteiger partial charge in [-0.05, 0) is 18.8 Å². The Morgan fingerprint density at radius 2 is 1.76 bits per heavy atom. The van der Waals surface area contributed by atoms with Gasteiger partial charge in [0, 0.05) is 13.0 Å². The molecule has 4 N–H and O–H groups in total. The SMILES string of the molecule is CCCCC(CC)CNC(=O)NC(CCC(=O)O)C(=O)O. The Bertz CT molecular complexity index is 346. The number of urea groups is 1. The second-order valence-electron chi connectivity index (χ2n) is 5.09. The van der Waals surface area contributed by atoms with E-state index < -0.39 is 24.0 Å². The fourth-order valence-corrected chi connectivity index (χ4v) is 1.91. The molecule has 2 amide bonds. The van der Waals surface area contributed by atoms with Crippen molar-refractivity contribution in [3.8, 4) is 0 Å². The fraction of sp³-hybridized carbons (Fsp3) is 0.786. The summed E-state index contributed by atoms with van der Waals surface area (Å²) in [5.41, 5.74) is 0. The summed E-state index contributed by atoms with van der Waals surface area (Å²) in [5, 5.41) is 22.4. The van der Waals surface area contributed by atoms with Gasteiger partial charge in [0.2, 0.25) is 0 Å². The van der Waals surface area contributed by atoms with E-state index in [1.54, 1.807) is 0 Å². The molecule has 0 fully saturated rings. The van der Waals surface area contributed by atoms with Gasteiger partial charge in [0.15, 0.2) is 0 Å². The van der Waals surface area contributed by atoms with Crippen molar-refractivity contribution in [2.75, 3.05) is 6.54 Å². The van der Waals surface area contributed by atoms with Crippen molar-refractivity contribution < 1.29 is 24.6 Å². The average molecular weight is 302 g/mol. The second-order valence-corrected chi connectivity index (χ2v) is 5.09. The number of hydrogen-bond donors (Lipinski definition) is 4. The molecule has 7 heteroatoms. The Balaban J connectivity index is 4.18. The largest absolute Gasteiger partial charge is 0.481 e. The number of nitrogens with one attached hydrogen (secondary N) is 2. The number of unbranched alkanes of at least 4 members (excludes halogenated alkanes) is 1. The highest BCUT2D eigenvalue weighted by atomic mass is 16.4. The standard InChI is InChI=1S/C14H26N2O5/c1-3-5-6-10(4-2)9-15-14(21)16-11(13(19)20)7-8-12(17)18/h10-11H,3-9H2,1-2H3,(H,17,18)(H,19,20)(H2,15,16,21). The lowest BCUT2D eigenvalue weighted by molar-refractivity contribution is -0.140. The molecule has 0 aromatic rings. The molecule has 0 heterocycles. The monoisotopic (exact) mass is 302 g/mol. The number of carboxylic acids is 2. The van der Waals surface area contributed by atoms with Crippen LogP contribution in [-0.2, 0) is 9.59 Å². The molecule has 21 heavy (non-hydrogen) atoms. The van der Waals surface area contributed by atoms with Crippen LogP contribution in [0.1, 0.15) is 52.4 Å². The minimum absolute atomic E-state index is 0.134. The Kier molecular flexibility index (Phi) is 10.0. The van der Waals surface area contributed by atoms with Crippen molar-refractivity contribution in [1.82, 2.24) is 10.6 Å². The lowest BCUT2D eigenvalue weighted by Gasteiger charge is -2.18. The Morgan fingerprint density at radius 1 is 1.10 bits per heavy atom. The first-order valence-corrected chi connectivity index (χ1v) is 7.39. The zero-order valence-corrected chi connectivity index (χ0v) is 12.7. The minimum atomic E-state index is -1.23. The normalized spacial score (nSPS) is 13.2. The predicted molar refractivity (Wildman–Crippen MR) is 78.1 cm³/mol. The van der Waals surface area contributed by atoms with Crippen LogP contribution in [0.4, 0.5) is 4.79 Å². The van der Waals surface area contributed by atoms with Gasteiger partial charge in [0.1, 0.15) is 6.04 Å². The molecule has 0 rings (SSSR count). The van der Waals surface area contributed by atoms with E-state index in [0.717, 1.165) is 25.7 Å². The summed E-state index contributed by atoms with van der Waals surface area (Å²) < 4.78 is 0. The maximum atomic E-state index is 11.7. The molecular weight excluding hydrogens is 276 g/mol. The maximum Gasteiger partial charge on any atom is 0.326 e. The van der Waals surface area contributed by atoms with Crippen LogP contribution < -0.4 is 10.6 Å². The molecule has 2 atom stereocenters. The van der Waals surface area contributed by atoms with Gasteiger partial charge in [0.25, 0.3) is 0 Å².